The van der Waals surface area contributed by atoms with Crippen LogP contribution in [0.3, 0.4) is 0 Å². The van der Waals surface area contributed by atoms with Crippen LogP contribution in [0.5, 0.6) is 11.5 Å². The number of alkyl halides is 2. The number of para-hydroxylation sites is 1. The summed E-state index contributed by atoms with van der Waals surface area (Å²) in [6, 6.07) is 8.28. The van der Waals surface area contributed by atoms with Crippen molar-refractivity contribution in [1.29, 1.82) is 0 Å². The van der Waals surface area contributed by atoms with Crippen molar-refractivity contribution in [2.45, 2.75) is 57.3 Å². The molecule has 2 aliphatic heterocycles. The van der Waals surface area contributed by atoms with Crippen LogP contribution in [0.1, 0.15) is 51.3 Å². The van der Waals surface area contributed by atoms with Crippen LogP contribution >= 0.6 is 11.6 Å². The summed E-state index contributed by atoms with van der Waals surface area (Å²) in [5.41, 5.74) is 0.0546. The van der Waals surface area contributed by atoms with Crippen molar-refractivity contribution in [3.8, 4) is 11.5 Å². The fraction of sp³-hybridized carbons (Fsp3) is 0.478. The van der Waals surface area contributed by atoms with Gasteiger partial charge in [0.25, 0.3) is 11.7 Å². The van der Waals surface area contributed by atoms with E-state index in [0.717, 1.165) is 4.90 Å². The molecule has 1 amide bonds. The number of amides is 1. The Morgan fingerprint density at radius 3 is 2.62 bits per heavy atom. The number of likely N-dealkylation sites (tertiary alicyclic amines) is 1. The van der Waals surface area contributed by atoms with E-state index in [4.69, 9.17) is 25.8 Å². The number of nitrogens with zero attached hydrogens (tertiary/aromatic N) is 2. The Hall–Kier alpha value is -2.61. The zero-order valence-corrected chi connectivity index (χ0v) is 19.1. The van der Waals surface area contributed by atoms with Crippen molar-refractivity contribution in [2.75, 3.05) is 13.1 Å². The number of aromatic nitrogens is 1. The molecule has 0 bridgehead atoms. The summed E-state index contributed by atoms with van der Waals surface area (Å²) in [6.45, 7) is 6.20. The first kappa shape index (κ1) is 22.6. The molecule has 2 aliphatic rings. The van der Waals surface area contributed by atoms with Gasteiger partial charge in [-0.1, -0.05) is 23.7 Å². The van der Waals surface area contributed by atoms with E-state index >= 15 is 8.78 Å². The summed E-state index contributed by atoms with van der Waals surface area (Å²) < 4.78 is 47.8. The molecule has 1 aromatic carbocycles. The van der Waals surface area contributed by atoms with Crippen molar-refractivity contribution >= 4 is 17.7 Å². The zero-order chi connectivity index (χ0) is 23.3. The summed E-state index contributed by atoms with van der Waals surface area (Å²) in [7, 11) is 0. The number of fused-ring (bicyclic) bond motifs is 1. The van der Waals surface area contributed by atoms with E-state index in [0.29, 0.717) is 22.0 Å². The molecule has 1 unspecified atom stereocenters. The number of carbonyl (C=O) groups excluding carboxylic acids is 1. The van der Waals surface area contributed by atoms with Crippen LogP contribution in [-0.4, -0.2) is 40.6 Å². The van der Waals surface area contributed by atoms with E-state index in [1.54, 1.807) is 58.0 Å². The molecule has 0 saturated carbocycles. The van der Waals surface area contributed by atoms with Gasteiger partial charge in [-0.25, -0.2) is 13.6 Å². The van der Waals surface area contributed by atoms with Gasteiger partial charge in [-0.3, -0.25) is 4.98 Å². The molecule has 2 aromatic rings. The molecule has 1 aromatic heterocycles. The molecular formula is C23H25ClF2N2O4. The number of halogens is 3. The highest BCUT2D eigenvalue weighted by atomic mass is 35.5. The summed E-state index contributed by atoms with van der Waals surface area (Å²) in [6.07, 6.45) is 0.788. The molecule has 1 fully saturated rings. The molecule has 9 heteroatoms. The number of piperidine rings is 1. The van der Waals surface area contributed by atoms with Crippen LogP contribution in [0.4, 0.5) is 13.6 Å². The minimum Gasteiger partial charge on any atom is -0.444 e. The number of rotatable bonds is 2. The molecular weight excluding hydrogens is 442 g/mol. The second-order valence-electron chi connectivity index (χ2n) is 9.19. The lowest BCUT2D eigenvalue weighted by atomic mass is 9.85. The Bertz CT molecular complexity index is 1030. The molecule has 6 nitrogen and oxygen atoms in total. The van der Waals surface area contributed by atoms with Gasteiger partial charge in [0.05, 0.1) is 17.5 Å². The summed E-state index contributed by atoms with van der Waals surface area (Å²) >= 11 is 5.92. The second kappa shape index (κ2) is 7.76. The maximum Gasteiger partial charge on any atom is 0.410 e. The van der Waals surface area contributed by atoms with Gasteiger partial charge in [0.1, 0.15) is 11.3 Å². The SMILES string of the molecule is CC(C)(C)OC(=O)N1CCC(c2cccc3c2O[C@](C)(c2ccc(Cl)cn2)O3)C(F)(F)C1. The van der Waals surface area contributed by atoms with Gasteiger partial charge >= 0.3 is 6.09 Å². The Morgan fingerprint density at radius 1 is 1.25 bits per heavy atom. The fourth-order valence-electron chi connectivity index (χ4n) is 3.98. The molecule has 1 saturated heterocycles. The Morgan fingerprint density at radius 2 is 2.00 bits per heavy atom. The van der Waals surface area contributed by atoms with E-state index in [9.17, 15) is 4.79 Å². The van der Waals surface area contributed by atoms with Crippen LogP contribution in [0, 0.1) is 0 Å². The van der Waals surface area contributed by atoms with Crippen LogP contribution in [0.25, 0.3) is 0 Å². The molecule has 4 rings (SSSR count). The maximum atomic E-state index is 15.3. The van der Waals surface area contributed by atoms with Gasteiger partial charge in [-0.2, -0.15) is 0 Å². The number of benzene rings is 1. The predicted octanol–water partition coefficient (Wildman–Crippen LogP) is 5.74. The van der Waals surface area contributed by atoms with Gasteiger partial charge in [-0.15, -0.1) is 0 Å². The molecule has 172 valence electrons. The summed E-state index contributed by atoms with van der Waals surface area (Å²) in [4.78, 5) is 17.6. The maximum absolute atomic E-state index is 15.3. The number of hydrogen-bond acceptors (Lipinski definition) is 5. The van der Waals surface area contributed by atoms with E-state index in [2.05, 4.69) is 4.98 Å². The highest BCUT2D eigenvalue weighted by Crippen LogP contribution is 2.51. The first-order valence-electron chi connectivity index (χ1n) is 10.4. The highest BCUT2D eigenvalue weighted by Gasteiger charge is 2.50. The minimum atomic E-state index is -3.18. The summed E-state index contributed by atoms with van der Waals surface area (Å²) in [5, 5.41) is 0.463. The average Bonchev–Trinajstić information content (AvgIpc) is 3.04. The molecule has 3 heterocycles. The monoisotopic (exact) mass is 466 g/mol. The van der Waals surface area contributed by atoms with E-state index in [1.807, 2.05) is 0 Å². The van der Waals surface area contributed by atoms with E-state index in [1.165, 1.54) is 6.20 Å². The largest absolute Gasteiger partial charge is 0.444 e. The smallest absolute Gasteiger partial charge is 0.410 e. The molecule has 0 aliphatic carbocycles. The van der Waals surface area contributed by atoms with Gasteiger partial charge in [0, 0.05) is 25.2 Å². The summed E-state index contributed by atoms with van der Waals surface area (Å²) in [5.74, 6) is -4.95. The van der Waals surface area contributed by atoms with E-state index < -0.39 is 35.9 Å². The minimum absolute atomic E-state index is 0.0575. The van der Waals surface area contributed by atoms with Crippen LogP contribution < -0.4 is 9.47 Å². The Labute approximate surface area is 190 Å². The number of hydrogen-bond donors (Lipinski definition) is 0. The fourth-order valence-corrected chi connectivity index (χ4v) is 4.09. The third-order valence-electron chi connectivity index (χ3n) is 5.43. The third kappa shape index (κ3) is 4.33. The molecule has 0 N–H and O–H groups in total. The molecule has 2 atom stereocenters. The third-order valence-corrected chi connectivity index (χ3v) is 5.65. The number of carbonyl (C=O) groups is 1. The van der Waals surface area contributed by atoms with Crippen molar-refractivity contribution in [1.82, 2.24) is 9.88 Å². The highest BCUT2D eigenvalue weighted by molar-refractivity contribution is 6.30. The van der Waals surface area contributed by atoms with Gasteiger partial charge < -0.3 is 19.1 Å². The first-order valence-corrected chi connectivity index (χ1v) is 10.7. The second-order valence-corrected chi connectivity index (χ2v) is 9.63. The number of ether oxygens (including phenoxy) is 3. The molecule has 0 spiro atoms. The topological polar surface area (TPSA) is 60.9 Å². The molecule has 32 heavy (non-hydrogen) atoms. The van der Waals surface area contributed by atoms with Gasteiger partial charge in [0.15, 0.2) is 11.5 Å². The van der Waals surface area contributed by atoms with Crippen molar-refractivity contribution in [3.63, 3.8) is 0 Å². The molecule has 0 radical (unpaired) electrons. The zero-order valence-electron chi connectivity index (χ0n) is 18.3. The van der Waals surface area contributed by atoms with E-state index in [-0.39, 0.29) is 18.7 Å². The predicted molar refractivity (Wildman–Crippen MR) is 114 cm³/mol. The van der Waals surface area contributed by atoms with Gasteiger partial charge in [-0.05, 0) is 45.4 Å². The normalized spacial score (nSPS) is 24.3. The lowest BCUT2D eigenvalue weighted by Gasteiger charge is -2.39. The van der Waals surface area contributed by atoms with Crippen LogP contribution in [0.2, 0.25) is 5.02 Å². The standard InChI is InChI=1S/C23H25ClF2N2O4/c1-21(2,3)32-20(29)28-11-10-16(23(25,26)13-28)15-6-5-7-17-19(15)31-22(4,30-17)18-9-8-14(24)12-27-18/h5-9,12,16H,10-11,13H2,1-4H3/t16?,22-/m1/s1. The first-order chi connectivity index (χ1) is 14.9. The average molecular weight is 467 g/mol. The van der Waals surface area contributed by atoms with Crippen LogP contribution in [0.15, 0.2) is 36.5 Å². The van der Waals surface area contributed by atoms with Crippen molar-refractivity contribution < 1.29 is 27.8 Å². The van der Waals surface area contributed by atoms with Crippen molar-refractivity contribution in [3.05, 3.63) is 52.8 Å². The quantitative estimate of drug-likeness (QED) is 0.565. The van der Waals surface area contributed by atoms with Crippen LogP contribution in [-0.2, 0) is 10.5 Å². The lowest BCUT2D eigenvalue weighted by molar-refractivity contribution is -0.0886. The van der Waals surface area contributed by atoms with Crippen molar-refractivity contribution in [2.24, 2.45) is 0 Å². The Balaban J connectivity index is 1.58. The lowest BCUT2D eigenvalue weighted by Crippen LogP contribution is -2.51. The Kier molecular flexibility index (Phi) is 5.48. The number of pyridine rings is 1. The van der Waals surface area contributed by atoms with Gasteiger partial charge in [0.2, 0.25) is 0 Å².